The van der Waals surface area contributed by atoms with E-state index in [1.807, 2.05) is 36.4 Å². The summed E-state index contributed by atoms with van der Waals surface area (Å²) in [6.07, 6.45) is 2.17. The molecule has 1 saturated heterocycles. The zero-order valence-corrected chi connectivity index (χ0v) is 18.5. The van der Waals surface area contributed by atoms with Gasteiger partial charge < -0.3 is 15.0 Å². The standard InChI is InChI=1S/C25H26FN5O2/c1-17(18-5-7-20(26)8-6-18)30-9-11-31(12-10-30)23-14-21(27-16-28-23)13-19-3-2-4-22-25(19)29-24(32)15-33-22/h2-8,14,16-17H,9-13,15H2,1H3,(H,29,32). The van der Waals surface area contributed by atoms with Crippen LogP contribution in [0.1, 0.15) is 29.8 Å². The van der Waals surface area contributed by atoms with Crippen molar-refractivity contribution in [1.82, 2.24) is 14.9 Å². The van der Waals surface area contributed by atoms with Crippen molar-refractivity contribution in [2.75, 3.05) is 43.0 Å². The van der Waals surface area contributed by atoms with Crippen molar-refractivity contribution >= 4 is 17.4 Å². The molecule has 170 valence electrons. The zero-order valence-electron chi connectivity index (χ0n) is 18.5. The molecule has 1 N–H and O–H groups in total. The number of benzene rings is 2. The SMILES string of the molecule is CC(c1ccc(F)cc1)N1CCN(c2cc(Cc3cccc4c3NC(=O)CO4)ncn2)CC1. The number of carbonyl (C=O) groups excluding carboxylic acids is 1. The fourth-order valence-corrected chi connectivity index (χ4v) is 4.45. The number of aromatic nitrogens is 2. The van der Waals surface area contributed by atoms with Crippen LogP contribution < -0.4 is 15.0 Å². The number of para-hydroxylation sites is 1. The Bertz CT molecular complexity index is 1150. The highest BCUT2D eigenvalue weighted by Crippen LogP contribution is 2.32. The van der Waals surface area contributed by atoms with Crippen molar-refractivity contribution in [3.63, 3.8) is 0 Å². The van der Waals surface area contributed by atoms with Crippen LogP contribution in [0.3, 0.4) is 0 Å². The highest BCUT2D eigenvalue weighted by molar-refractivity contribution is 5.96. The third kappa shape index (κ3) is 4.66. The molecule has 2 aromatic carbocycles. The highest BCUT2D eigenvalue weighted by Gasteiger charge is 2.24. The number of carbonyl (C=O) groups is 1. The Kier molecular flexibility index (Phi) is 5.92. The third-order valence-electron chi connectivity index (χ3n) is 6.35. The molecule has 0 spiro atoms. The van der Waals surface area contributed by atoms with Crippen LogP contribution in [0.2, 0.25) is 0 Å². The van der Waals surface area contributed by atoms with Crippen LogP contribution in [0.25, 0.3) is 0 Å². The molecular formula is C25H26FN5O2. The van der Waals surface area contributed by atoms with Crippen LogP contribution in [-0.4, -0.2) is 53.6 Å². The lowest BCUT2D eigenvalue weighted by Crippen LogP contribution is -2.47. The summed E-state index contributed by atoms with van der Waals surface area (Å²) in [5, 5.41) is 2.91. The van der Waals surface area contributed by atoms with E-state index in [1.165, 1.54) is 12.1 Å². The molecule has 7 nitrogen and oxygen atoms in total. The summed E-state index contributed by atoms with van der Waals surface area (Å²) in [5.41, 5.74) is 3.69. The van der Waals surface area contributed by atoms with Crippen LogP contribution in [0.15, 0.2) is 54.9 Å². The number of nitrogens with zero attached hydrogens (tertiary/aromatic N) is 4. The van der Waals surface area contributed by atoms with E-state index in [2.05, 4.69) is 32.0 Å². The quantitative estimate of drug-likeness (QED) is 0.646. The Morgan fingerprint density at radius 2 is 1.88 bits per heavy atom. The number of rotatable bonds is 5. The minimum Gasteiger partial charge on any atom is -0.482 e. The first-order chi connectivity index (χ1) is 16.1. The van der Waals surface area contributed by atoms with E-state index < -0.39 is 0 Å². The number of halogens is 1. The lowest BCUT2D eigenvalue weighted by molar-refractivity contribution is -0.118. The maximum Gasteiger partial charge on any atom is 0.262 e. The van der Waals surface area contributed by atoms with Crippen molar-refractivity contribution in [2.45, 2.75) is 19.4 Å². The predicted octanol–water partition coefficient (Wildman–Crippen LogP) is 3.42. The van der Waals surface area contributed by atoms with Crippen LogP contribution in [0.4, 0.5) is 15.9 Å². The molecule has 3 heterocycles. The predicted molar refractivity (Wildman–Crippen MR) is 124 cm³/mol. The monoisotopic (exact) mass is 447 g/mol. The van der Waals surface area contributed by atoms with Crippen molar-refractivity contribution in [3.05, 3.63) is 77.5 Å². The first-order valence-corrected chi connectivity index (χ1v) is 11.2. The molecular weight excluding hydrogens is 421 g/mol. The van der Waals surface area contributed by atoms with Crippen LogP contribution >= 0.6 is 0 Å². The second-order valence-corrected chi connectivity index (χ2v) is 8.42. The van der Waals surface area contributed by atoms with Gasteiger partial charge in [-0.3, -0.25) is 9.69 Å². The molecule has 1 unspecified atom stereocenters. The highest BCUT2D eigenvalue weighted by atomic mass is 19.1. The Labute approximate surface area is 192 Å². The normalized spacial score (nSPS) is 17.2. The summed E-state index contributed by atoms with van der Waals surface area (Å²) in [5.74, 6) is 1.24. The maximum atomic E-state index is 13.2. The molecule has 33 heavy (non-hydrogen) atoms. The molecule has 5 rings (SSSR count). The molecule has 1 aromatic heterocycles. The van der Waals surface area contributed by atoms with Crippen molar-refractivity contribution in [2.24, 2.45) is 0 Å². The van der Waals surface area contributed by atoms with E-state index in [9.17, 15) is 9.18 Å². The molecule has 1 amide bonds. The summed E-state index contributed by atoms with van der Waals surface area (Å²) in [7, 11) is 0. The summed E-state index contributed by atoms with van der Waals surface area (Å²) in [6, 6.07) is 14.8. The Morgan fingerprint density at radius 1 is 1.09 bits per heavy atom. The number of nitrogens with one attached hydrogen (secondary N) is 1. The topological polar surface area (TPSA) is 70.6 Å². The van der Waals surface area contributed by atoms with Gasteiger partial charge >= 0.3 is 0 Å². The van der Waals surface area contributed by atoms with E-state index in [-0.39, 0.29) is 24.4 Å². The van der Waals surface area contributed by atoms with E-state index in [0.29, 0.717) is 12.2 Å². The summed E-state index contributed by atoms with van der Waals surface area (Å²) < 4.78 is 18.8. The van der Waals surface area contributed by atoms with Gasteiger partial charge in [0.15, 0.2) is 6.61 Å². The number of hydrogen-bond donors (Lipinski definition) is 1. The number of hydrogen-bond acceptors (Lipinski definition) is 6. The fraction of sp³-hybridized carbons (Fsp3) is 0.320. The molecule has 2 aliphatic rings. The number of ether oxygens (including phenoxy) is 1. The number of amides is 1. The molecule has 0 aliphatic carbocycles. The maximum absolute atomic E-state index is 13.2. The van der Waals surface area contributed by atoms with Crippen molar-refractivity contribution < 1.29 is 13.9 Å². The largest absolute Gasteiger partial charge is 0.482 e. The average molecular weight is 448 g/mol. The van der Waals surface area contributed by atoms with Crippen LogP contribution in [0.5, 0.6) is 5.75 Å². The molecule has 1 atom stereocenters. The lowest BCUT2D eigenvalue weighted by atomic mass is 10.1. The number of anilines is 2. The van der Waals surface area contributed by atoms with Gasteiger partial charge in [0.1, 0.15) is 23.7 Å². The lowest BCUT2D eigenvalue weighted by Gasteiger charge is -2.38. The van der Waals surface area contributed by atoms with Gasteiger partial charge in [0.2, 0.25) is 0 Å². The Hall–Kier alpha value is -3.52. The first-order valence-electron chi connectivity index (χ1n) is 11.2. The third-order valence-corrected chi connectivity index (χ3v) is 6.35. The second-order valence-electron chi connectivity index (χ2n) is 8.42. The van der Waals surface area contributed by atoms with Gasteiger partial charge in [-0.05, 0) is 36.2 Å². The second kappa shape index (κ2) is 9.15. The molecule has 1 fully saturated rings. The van der Waals surface area contributed by atoms with Gasteiger partial charge in [-0.15, -0.1) is 0 Å². The molecule has 0 bridgehead atoms. The molecule has 3 aromatic rings. The number of fused-ring (bicyclic) bond motifs is 1. The van der Waals surface area contributed by atoms with E-state index in [0.717, 1.165) is 54.5 Å². The smallest absolute Gasteiger partial charge is 0.262 e. The van der Waals surface area contributed by atoms with Gasteiger partial charge in [-0.25, -0.2) is 14.4 Å². The van der Waals surface area contributed by atoms with Crippen LogP contribution in [-0.2, 0) is 11.2 Å². The van der Waals surface area contributed by atoms with Gasteiger partial charge in [0.05, 0.1) is 11.4 Å². The molecule has 0 saturated carbocycles. The van der Waals surface area contributed by atoms with Gasteiger partial charge in [0, 0.05) is 44.7 Å². The van der Waals surface area contributed by atoms with Crippen molar-refractivity contribution in [1.29, 1.82) is 0 Å². The van der Waals surface area contributed by atoms with Crippen LogP contribution in [0, 0.1) is 5.82 Å². The van der Waals surface area contributed by atoms with E-state index in [4.69, 9.17) is 4.74 Å². The first kappa shape index (κ1) is 21.3. The van der Waals surface area contributed by atoms with Gasteiger partial charge in [-0.1, -0.05) is 24.3 Å². The summed E-state index contributed by atoms with van der Waals surface area (Å²) in [6.45, 7) is 5.70. The zero-order chi connectivity index (χ0) is 22.8. The molecule has 2 aliphatic heterocycles. The summed E-state index contributed by atoms with van der Waals surface area (Å²) >= 11 is 0. The Morgan fingerprint density at radius 3 is 2.67 bits per heavy atom. The van der Waals surface area contributed by atoms with E-state index in [1.54, 1.807) is 6.33 Å². The van der Waals surface area contributed by atoms with Gasteiger partial charge in [0.25, 0.3) is 5.91 Å². The molecule has 8 heteroatoms. The van der Waals surface area contributed by atoms with Gasteiger partial charge in [-0.2, -0.15) is 0 Å². The minimum atomic E-state index is -0.207. The summed E-state index contributed by atoms with van der Waals surface area (Å²) in [4.78, 5) is 25.4. The molecule has 0 radical (unpaired) electrons. The minimum absolute atomic E-state index is 0.0415. The Balaban J connectivity index is 1.25. The number of piperazine rings is 1. The van der Waals surface area contributed by atoms with E-state index >= 15 is 0 Å². The van der Waals surface area contributed by atoms with Crippen molar-refractivity contribution in [3.8, 4) is 5.75 Å². The fourth-order valence-electron chi connectivity index (χ4n) is 4.45. The average Bonchev–Trinajstić information content (AvgIpc) is 2.85.